The smallest absolute Gasteiger partial charge is 0.170 e. The van der Waals surface area contributed by atoms with E-state index in [1.165, 1.54) is 12.8 Å². The summed E-state index contributed by atoms with van der Waals surface area (Å²) in [6.45, 7) is 10.9. The van der Waals surface area contributed by atoms with Crippen LogP contribution in [0, 0.1) is 34.0 Å². The summed E-state index contributed by atoms with van der Waals surface area (Å²) < 4.78 is 0. The lowest BCUT2D eigenvalue weighted by molar-refractivity contribution is -0.225. The van der Waals surface area contributed by atoms with E-state index in [1.807, 2.05) is 0 Å². The Balaban J connectivity index is 1.88. The molecule has 7 atom stereocenters. The van der Waals surface area contributed by atoms with Crippen LogP contribution < -0.4 is 0 Å². The van der Waals surface area contributed by atoms with Gasteiger partial charge in [0.15, 0.2) is 5.78 Å². The van der Waals surface area contributed by atoms with E-state index in [1.54, 1.807) is 0 Å². The van der Waals surface area contributed by atoms with Gasteiger partial charge in [-0.2, -0.15) is 0 Å². The number of aliphatic hydroxyl groups is 2. The lowest BCUT2D eigenvalue weighted by Gasteiger charge is -2.65. The maximum absolute atomic E-state index is 13.1. The third kappa shape index (κ3) is 1.61. The van der Waals surface area contributed by atoms with Gasteiger partial charge in [-0.3, -0.25) is 4.79 Å². The van der Waals surface area contributed by atoms with Crippen LogP contribution in [-0.2, 0) is 4.79 Å². The molecule has 2 bridgehead atoms. The molecule has 0 saturated heterocycles. The van der Waals surface area contributed by atoms with Crippen LogP contribution in [0.4, 0.5) is 0 Å². The highest BCUT2D eigenvalue weighted by Crippen LogP contribution is 2.70. The number of hydrogen-bond acceptors (Lipinski definition) is 3. The van der Waals surface area contributed by atoms with E-state index < -0.39 is 17.6 Å². The number of carbonyl (C=O) groups excluding carboxylic acids is 1. The summed E-state index contributed by atoms with van der Waals surface area (Å²) in [7, 11) is 0. The van der Waals surface area contributed by atoms with Gasteiger partial charge >= 0.3 is 0 Å². The van der Waals surface area contributed by atoms with Crippen LogP contribution in [0.2, 0.25) is 0 Å². The van der Waals surface area contributed by atoms with E-state index in [-0.39, 0.29) is 28.4 Å². The van der Waals surface area contributed by atoms with Gasteiger partial charge in [0, 0.05) is 5.92 Å². The minimum Gasteiger partial charge on any atom is -0.392 e. The molecule has 23 heavy (non-hydrogen) atoms. The van der Waals surface area contributed by atoms with Crippen LogP contribution in [-0.4, -0.2) is 28.2 Å². The second-order valence-corrected chi connectivity index (χ2v) is 9.62. The standard InChI is InChI=1S/C20H30O3/c1-11-12-6-7-13-19(4)9-5-8-18(2,3)14(19)10-15(21)20(13,16(11)22)17(12)23/h12-15,17,21,23H,1,5-10H2,2-4H3. The van der Waals surface area contributed by atoms with Crippen molar-refractivity contribution >= 4 is 5.78 Å². The van der Waals surface area contributed by atoms with Crippen LogP contribution in [0.1, 0.15) is 59.3 Å². The molecule has 0 aromatic rings. The molecule has 0 amide bonds. The van der Waals surface area contributed by atoms with Crippen molar-refractivity contribution in [2.24, 2.45) is 34.0 Å². The average molecular weight is 318 g/mol. The summed E-state index contributed by atoms with van der Waals surface area (Å²) in [4.78, 5) is 13.1. The minimum atomic E-state index is -0.974. The molecule has 4 saturated carbocycles. The first kappa shape index (κ1) is 15.8. The molecule has 4 fully saturated rings. The quantitative estimate of drug-likeness (QED) is 0.675. The Morgan fingerprint density at radius 1 is 1.09 bits per heavy atom. The summed E-state index contributed by atoms with van der Waals surface area (Å²) in [5, 5.41) is 22.1. The van der Waals surface area contributed by atoms with Crippen molar-refractivity contribution < 1.29 is 15.0 Å². The second-order valence-electron chi connectivity index (χ2n) is 9.62. The number of fused-ring (bicyclic) bond motifs is 3. The van der Waals surface area contributed by atoms with Gasteiger partial charge in [0.25, 0.3) is 0 Å². The van der Waals surface area contributed by atoms with Gasteiger partial charge in [0.1, 0.15) is 0 Å². The van der Waals surface area contributed by atoms with Crippen molar-refractivity contribution in [3.05, 3.63) is 12.2 Å². The largest absolute Gasteiger partial charge is 0.392 e. The molecule has 3 heteroatoms. The second kappa shape index (κ2) is 4.49. The molecule has 0 heterocycles. The number of aliphatic hydroxyl groups excluding tert-OH is 2. The van der Waals surface area contributed by atoms with Crippen molar-refractivity contribution in [2.75, 3.05) is 0 Å². The Morgan fingerprint density at radius 3 is 2.48 bits per heavy atom. The highest BCUT2D eigenvalue weighted by atomic mass is 16.3. The fourth-order valence-corrected chi connectivity index (χ4v) is 7.43. The zero-order chi connectivity index (χ0) is 16.8. The molecule has 0 aromatic carbocycles. The van der Waals surface area contributed by atoms with Gasteiger partial charge in [-0.1, -0.05) is 33.8 Å². The van der Waals surface area contributed by atoms with E-state index in [0.717, 1.165) is 19.3 Å². The third-order valence-electron chi connectivity index (χ3n) is 8.43. The lowest BCUT2D eigenvalue weighted by Crippen LogP contribution is -2.66. The number of ketones is 1. The van der Waals surface area contributed by atoms with Gasteiger partial charge in [-0.25, -0.2) is 0 Å². The molecule has 128 valence electrons. The summed E-state index contributed by atoms with van der Waals surface area (Å²) in [5.41, 5.74) is -0.182. The van der Waals surface area contributed by atoms with E-state index >= 15 is 0 Å². The fraction of sp³-hybridized carbons (Fsp3) is 0.850. The van der Waals surface area contributed by atoms with Crippen molar-refractivity contribution in [1.82, 2.24) is 0 Å². The van der Waals surface area contributed by atoms with E-state index in [0.29, 0.717) is 17.9 Å². The van der Waals surface area contributed by atoms with Gasteiger partial charge < -0.3 is 10.2 Å². The number of rotatable bonds is 0. The summed E-state index contributed by atoms with van der Waals surface area (Å²) in [6, 6.07) is 0. The summed E-state index contributed by atoms with van der Waals surface area (Å²) in [6.07, 6.45) is 4.43. The first-order valence-corrected chi connectivity index (χ1v) is 9.27. The van der Waals surface area contributed by atoms with E-state index in [4.69, 9.17) is 0 Å². The Kier molecular flexibility index (Phi) is 3.09. The van der Waals surface area contributed by atoms with E-state index in [2.05, 4.69) is 27.4 Å². The Hall–Kier alpha value is -0.670. The van der Waals surface area contributed by atoms with Gasteiger partial charge in [-0.05, 0) is 60.3 Å². The molecule has 4 rings (SSSR count). The normalized spacial score (nSPS) is 54.6. The lowest BCUT2D eigenvalue weighted by atomic mass is 9.40. The zero-order valence-electron chi connectivity index (χ0n) is 14.6. The predicted octanol–water partition coefficient (Wildman–Crippen LogP) is 3.10. The molecule has 1 spiro atoms. The van der Waals surface area contributed by atoms with Crippen LogP contribution >= 0.6 is 0 Å². The maximum Gasteiger partial charge on any atom is 0.170 e. The van der Waals surface area contributed by atoms with Gasteiger partial charge in [0.2, 0.25) is 0 Å². The molecule has 7 unspecified atom stereocenters. The van der Waals surface area contributed by atoms with E-state index in [9.17, 15) is 15.0 Å². The molecule has 0 aromatic heterocycles. The van der Waals surface area contributed by atoms with Gasteiger partial charge in [0.05, 0.1) is 17.6 Å². The average Bonchev–Trinajstić information content (AvgIpc) is 2.58. The molecular formula is C20H30O3. The molecule has 4 aliphatic carbocycles. The SMILES string of the molecule is C=C1C(=O)C23C(O)CC4C(C)(C)CCCC4(C)C2CCC1C3O. The molecule has 0 radical (unpaired) electrons. The number of hydrogen-bond donors (Lipinski definition) is 2. The molecular weight excluding hydrogens is 288 g/mol. The molecule has 3 nitrogen and oxygen atoms in total. The molecule has 4 aliphatic rings. The fourth-order valence-electron chi connectivity index (χ4n) is 7.43. The Morgan fingerprint density at radius 2 is 1.78 bits per heavy atom. The first-order valence-electron chi connectivity index (χ1n) is 9.27. The third-order valence-corrected chi connectivity index (χ3v) is 8.43. The molecule has 2 N–H and O–H groups in total. The Bertz CT molecular complexity index is 579. The highest BCUT2D eigenvalue weighted by Gasteiger charge is 2.73. The molecule has 0 aliphatic heterocycles. The minimum absolute atomic E-state index is 0.0342. The number of carbonyl (C=O) groups is 1. The monoisotopic (exact) mass is 318 g/mol. The van der Waals surface area contributed by atoms with Crippen LogP contribution in [0.3, 0.4) is 0 Å². The van der Waals surface area contributed by atoms with Crippen molar-refractivity contribution in [3.8, 4) is 0 Å². The summed E-state index contributed by atoms with van der Waals surface area (Å²) >= 11 is 0. The van der Waals surface area contributed by atoms with Gasteiger partial charge in [-0.15, -0.1) is 0 Å². The van der Waals surface area contributed by atoms with Crippen LogP contribution in [0.25, 0.3) is 0 Å². The van der Waals surface area contributed by atoms with Crippen LogP contribution in [0.15, 0.2) is 12.2 Å². The van der Waals surface area contributed by atoms with Crippen LogP contribution in [0.5, 0.6) is 0 Å². The number of Topliss-reactive ketones (excluding diaryl/α,β-unsaturated/α-hetero) is 1. The maximum atomic E-state index is 13.1. The zero-order valence-corrected chi connectivity index (χ0v) is 14.6. The van der Waals surface area contributed by atoms with Crippen molar-refractivity contribution in [2.45, 2.75) is 71.5 Å². The Labute approximate surface area is 139 Å². The highest BCUT2D eigenvalue weighted by molar-refractivity contribution is 6.04. The predicted molar refractivity (Wildman–Crippen MR) is 88.7 cm³/mol. The summed E-state index contributed by atoms with van der Waals surface area (Å²) in [5.74, 6) is 0.333. The first-order chi connectivity index (χ1) is 10.7. The topological polar surface area (TPSA) is 57.5 Å². The van der Waals surface area contributed by atoms with Crippen molar-refractivity contribution in [3.63, 3.8) is 0 Å². The van der Waals surface area contributed by atoms with Crippen molar-refractivity contribution in [1.29, 1.82) is 0 Å².